The smallest absolute Gasteiger partial charge is 0.416 e. The third kappa shape index (κ3) is 6.01. The predicted molar refractivity (Wildman–Crippen MR) is 187 cm³/mol. The molecule has 0 aliphatic carbocycles. The van der Waals surface area contributed by atoms with Gasteiger partial charge in [-0.25, -0.2) is 0 Å². The molecule has 4 heterocycles. The number of amides is 2. The molecule has 1 unspecified atom stereocenters. The van der Waals surface area contributed by atoms with Gasteiger partial charge in [0.25, 0.3) is 0 Å². The van der Waals surface area contributed by atoms with Crippen LogP contribution in [0, 0.1) is 32.1 Å². The van der Waals surface area contributed by atoms with Crippen LogP contribution in [0.1, 0.15) is 69.1 Å². The quantitative estimate of drug-likeness (QED) is 0.261. The predicted octanol–water partition coefficient (Wildman–Crippen LogP) is 4.88. The van der Waals surface area contributed by atoms with Crippen molar-refractivity contribution in [3.05, 3.63) is 86.5 Å². The van der Waals surface area contributed by atoms with Crippen molar-refractivity contribution >= 4 is 17.9 Å². The fourth-order valence-electron chi connectivity index (χ4n) is 8.58. The molecule has 0 radical (unpaired) electrons. The topological polar surface area (TPSA) is 147 Å². The molecule has 7 rings (SSSR count). The Balaban J connectivity index is 1.20. The van der Waals surface area contributed by atoms with Gasteiger partial charge in [0.15, 0.2) is 11.5 Å². The van der Waals surface area contributed by atoms with Crippen molar-refractivity contribution < 1.29 is 42.4 Å². The Morgan fingerprint density at radius 3 is 2.51 bits per heavy atom. The number of halogens is 3. The molecule has 0 aromatic heterocycles. The van der Waals surface area contributed by atoms with Crippen molar-refractivity contribution in [1.29, 1.82) is 5.26 Å². The summed E-state index contributed by atoms with van der Waals surface area (Å²) in [6, 6.07) is 5.73. The van der Waals surface area contributed by atoms with E-state index in [2.05, 4.69) is 32.6 Å². The van der Waals surface area contributed by atoms with E-state index in [0.717, 1.165) is 40.5 Å². The van der Waals surface area contributed by atoms with Gasteiger partial charge in [-0.2, -0.15) is 18.4 Å². The molecule has 2 bridgehead atoms. The van der Waals surface area contributed by atoms with Crippen molar-refractivity contribution in [3.8, 4) is 29.1 Å². The highest BCUT2D eigenvalue weighted by atomic mass is 19.4. The number of hydrogen-bond donors (Lipinski definition) is 4. The third-order valence-corrected chi connectivity index (χ3v) is 11.3. The van der Waals surface area contributed by atoms with Crippen LogP contribution in [0.15, 0.2) is 36.4 Å². The van der Waals surface area contributed by atoms with Gasteiger partial charge in [0.2, 0.25) is 18.6 Å². The molecule has 1 saturated heterocycles. The molecule has 0 saturated carbocycles. The van der Waals surface area contributed by atoms with E-state index in [1.165, 1.54) is 25.1 Å². The summed E-state index contributed by atoms with van der Waals surface area (Å²) in [7, 11) is 1.96. The van der Waals surface area contributed by atoms with Crippen LogP contribution >= 0.6 is 0 Å². The molecule has 3 aromatic rings. The van der Waals surface area contributed by atoms with Crippen LogP contribution in [0.4, 0.5) is 13.2 Å². The number of rotatable bonds is 6. The van der Waals surface area contributed by atoms with Crippen LogP contribution < -0.4 is 20.1 Å². The van der Waals surface area contributed by atoms with E-state index in [0.29, 0.717) is 41.0 Å². The fraction of sp³-hybridized carbons (Fsp3) is 0.410. The number of nitriles is 1. The summed E-state index contributed by atoms with van der Waals surface area (Å²) >= 11 is 0. The minimum Gasteiger partial charge on any atom is -0.507 e. The van der Waals surface area contributed by atoms with Gasteiger partial charge in [0.1, 0.15) is 23.6 Å². The molecular weight excluding hydrogens is 691 g/mol. The van der Waals surface area contributed by atoms with Gasteiger partial charge in [0, 0.05) is 47.0 Å². The molecule has 2 amide bonds. The van der Waals surface area contributed by atoms with Gasteiger partial charge < -0.3 is 30.3 Å². The molecule has 14 heteroatoms. The van der Waals surface area contributed by atoms with Crippen LogP contribution in [0.25, 0.3) is 6.08 Å². The first-order valence-corrected chi connectivity index (χ1v) is 17.4. The SMILES string of the molecule is Cc1cc2c(c(O)c1C)[C@@H]1C3Cc4c(O)c(C)c5c(c4[C@H](CNC(=O)[C@@H](C)NC(=O)/C=C/c4cccc(C(F)(F)F)c4)N3[C@@H](C#N)[C@H](C2)N1C)OCO5. The average Bonchev–Trinajstić information content (AvgIpc) is 3.61. The molecule has 6 atom stereocenters. The second kappa shape index (κ2) is 13.3. The lowest BCUT2D eigenvalue weighted by Gasteiger charge is -2.60. The second-order valence-corrected chi connectivity index (χ2v) is 14.3. The summed E-state index contributed by atoms with van der Waals surface area (Å²) < 4.78 is 51.2. The van der Waals surface area contributed by atoms with E-state index in [1.54, 1.807) is 6.92 Å². The van der Waals surface area contributed by atoms with Crippen molar-refractivity contribution in [2.45, 2.75) is 83.0 Å². The first-order chi connectivity index (χ1) is 25.1. The highest BCUT2D eigenvalue weighted by Crippen LogP contribution is 2.57. The Bertz CT molecular complexity index is 2090. The van der Waals surface area contributed by atoms with E-state index in [-0.39, 0.29) is 42.5 Å². The molecule has 4 aliphatic heterocycles. The summed E-state index contributed by atoms with van der Waals surface area (Å²) in [5.74, 6) is -0.161. The van der Waals surface area contributed by atoms with Gasteiger partial charge in [-0.3, -0.25) is 19.4 Å². The first-order valence-electron chi connectivity index (χ1n) is 17.4. The van der Waals surface area contributed by atoms with E-state index in [4.69, 9.17) is 9.47 Å². The van der Waals surface area contributed by atoms with Crippen molar-refractivity contribution in [1.82, 2.24) is 20.4 Å². The Morgan fingerprint density at radius 1 is 1.06 bits per heavy atom. The Hall–Kier alpha value is -5.26. The third-order valence-electron chi connectivity index (χ3n) is 11.3. The number of phenols is 2. The number of nitrogens with zero attached hydrogens (tertiary/aromatic N) is 3. The molecule has 1 fully saturated rings. The molecule has 0 spiro atoms. The molecular formula is C39H40F3N5O6. The van der Waals surface area contributed by atoms with Crippen molar-refractivity contribution in [2.24, 2.45) is 0 Å². The Morgan fingerprint density at radius 2 is 1.79 bits per heavy atom. The average molecular weight is 732 g/mol. The van der Waals surface area contributed by atoms with E-state index < -0.39 is 47.7 Å². The first kappa shape index (κ1) is 36.1. The van der Waals surface area contributed by atoms with Gasteiger partial charge >= 0.3 is 6.18 Å². The molecule has 53 heavy (non-hydrogen) atoms. The number of alkyl halides is 3. The molecule has 4 aliphatic rings. The highest BCUT2D eigenvalue weighted by molar-refractivity contribution is 5.95. The lowest BCUT2D eigenvalue weighted by molar-refractivity contribution is -0.137. The number of hydrogen-bond acceptors (Lipinski definition) is 9. The van der Waals surface area contributed by atoms with Gasteiger partial charge in [-0.15, -0.1) is 0 Å². The number of phenolic OH excluding ortho intramolecular Hbond substituents is 2. The van der Waals surface area contributed by atoms with Crippen molar-refractivity contribution in [3.63, 3.8) is 0 Å². The Labute approximate surface area is 304 Å². The van der Waals surface area contributed by atoms with E-state index in [1.807, 2.05) is 20.9 Å². The number of carbonyl (C=O) groups excluding carboxylic acids is 2. The number of nitrogens with one attached hydrogen (secondary N) is 2. The normalized spacial score (nSPS) is 23.8. The Kier molecular flexibility index (Phi) is 9.06. The minimum atomic E-state index is -4.53. The zero-order chi connectivity index (χ0) is 38.1. The molecule has 4 N–H and O–H groups in total. The summed E-state index contributed by atoms with van der Waals surface area (Å²) in [4.78, 5) is 30.5. The summed E-state index contributed by atoms with van der Waals surface area (Å²) in [5.41, 5.74) is 4.53. The zero-order valence-electron chi connectivity index (χ0n) is 29.8. The number of aryl methyl sites for hydroxylation is 1. The number of ether oxygens (including phenoxy) is 2. The maximum atomic E-state index is 13.5. The van der Waals surface area contributed by atoms with E-state index >= 15 is 0 Å². The largest absolute Gasteiger partial charge is 0.507 e. The van der Waals surface area contributed by atoms with Crippen LogP contribution in [-0.2, 0) is 28.6 Å². The molecule has 278 valence electrons. The number of aromatic hydroxyl groups is 2. The lowest BCUT2D eigenvalue weighted by atomic mass is 9.71. The standard InChI is InChI=1S/C39H40F3N5O6/c1-18-11-23-13-26-28(15-43)47-27(33(46(26)5)31(23)35(50)19(18)2)14-25-32(37-36(52-17-53-37)20(3)34(25)49)29(47)16-44-38(51)21(4)45-30(48)10-9-22-7-6-8-24(12-22)39(40,41)42/h6-12,21,26-29,33,49-50H,13-14,16-17H2,1-5H3,(H,44,51)(H,45,48)/b10-9+/t21-,26+,27?,28+,29+,33+/m1/s1. The molecule has 11 nitrogen and oxygen atoms in total. The second-order valence-electron chi connectivity index (χ2n) is 14.3. The summed E-state index contributed by atoms with van der Waals surface area (Å²) in [6.45, 7) is 6.95. The lowest BCUT2D eigenvalue weighted by Crippen LogP contribution is -2.68. The van der Waals surface area contributed by atoms with Crippen LogP contribution in [0.5, 0.6) is 23.0 Å². The summed E-state index contributed by atoms with van der Waals surface area (Å²) in [5, 5.41) is 39.5. The number of benzene rings is 3. The van der Waals surface area contributed by atoms with Gasteiger partial charge in [0.05, 0.1) is 23.7 Å². The highest BCUT2D eigenvalue weighted by Gasteiger charge is 2.56. The minimum absolute atomic E-state index is 0.0337. The zero-order valence-corrected chi connectivity index (χ0v) is 29.8. The van der Waals surface area contributed by atoms with Crippen LogP contribution in [-0.4, -0.2) is 76.4 Å². The number of piperazine rings is 1. The van der Waals surface area contributed by atoms with Crippen LogP contribution in [0.2, 0.25) is 0 Å². The van der Waals surface area contributed by atoms with Crippen LogP contribution in [0.3, 0.4) is 0 Å². The van der Waals surface area contributed by atoms with Gasteiger partial charge in [-0.05, 0) is 88.0 Å². The van der Waals surface area contributed by atoms with Crippen molar-refractivity contribution in [2.75, 3.05) is 20.4 Å². The molecule has 3 aromatic carbocycles. The van der Waals surface area contributed by atoms with Gasteiger partial charge in [-0.1, -0.05) is 18.2 Å². The van der Waals surface area contributed by atoms with E-state index in [9.17, 15) is 38.2 Å². The summed E-state index contributed by atoms with van der Waals surface area (Å²) in [6.07, 6.45) is -1.41. The number of fused-ring (bicyclic) bond motifs is 9. The maximum absolute atomic E-state index is 13.5. The fourth-order valence-corrected chi connectivity index (χ4v) is 8.58. The number of likely N-dealkylation sites (N-methyl/N-ethyl adjacent to an activating group) is 1. The number of carbonyl (C=O) groups is 2. The maximum Gasteiger partial charge on any atom is 0.416 e. The monoisotopic (exact) mass is 731 g/mol.